The zero-order chi connectivity index (χ0) is 10.4. The zero-order valence-electron chi connectivity index (χ0n) is 10.1. The minimum absolute atomic E-state index is 0.611. The molecule has 0 aliphatic heterocycles. The fourth-order valence-electron chi connectivity index (χ4n) is 4.85. The fraction of sp³-hybridized carbons (Fsp3) is 0.867. The predicted octanol–water partition coefficient (Wildman–Crippen LogP) is 4.85. The first-order chi connectivity index (χ1) is 7.27. The lowest BCUT2D eigenvalue weighted by atomic mass is 9.51. The molecule has 2 saturated carbocycles. The minimum Gasteiger partial charge on any atom is -0.0848 e. The molecule has 15 heavy (non-hydrogen) atoms. The summed E-state index contributed by atoms with van der Waals surface area (Å²) >= 11 is 0. The fourth-order valence-corrected chi connectivity index (χ4v) is 4.85. The van der Waals surface area contributed by atoms with Gasteiger partial charge in [0.05, 0.1) is 0 Å². The maximum absolute atomic E-state index is 2.60. The Balaban J connectivity index is 2.01. The second-order valence-corrected chi connectivity index (χ2v) is 6.29. The van der Waals surface area contributed by atoms with Crippen LogP contribution in [0.3, 0.4) is 0 Å². The summed E-state index contributed by atoms with van der Waals surface area (Å²) in [5.41, 5.74) is 3.19. The third-order valence-electron chi connectivity index (χ3n) is 5.81. The summed E-state index contributed by atoms with van der Waals surface area (Å²) in [7, 11) is 0. The van der Waals surface area contributed by atoms with Crippen LogP contribution in [0.2, 0.25) is 0 Å². The third kappa shape index (κ3) is 1.26. The molecule has 0 heterocycles. The zero-order valence-corrected chi connectivity index (χ0v) is 10.1. The molecular weight excluding hydrogens is 180 g/mol. The maximum atomic E-state index is 2.60. The van der Waals surface area contributed by atoms with E-state index in [1.165, 1.54) is 64.2 Å². The topological polar surface area (TPSA) is 0 Å². The van der Waals surface area contributed by atoms with Gasteiger partial charge in [0.15, 0.2) is 0 Å². The molecule has 1 atom stereocenters. The molecule has 0 heteroatoms. The van der Waals surface area contributed by atoms with Crippen LogP contribution >= 0.6 is 0 Å². The van der Waals surface area contributed by atoms with Crippen LogP contribution in [-0.4, -0.2) is 0 Å². The molecule has 0 amide bonds. The highest BCUT2D eigenvalue weighted by molar-refractivity contribution is 5.24. The van der Waals surface area contributed by atoms with Crippen molar-refractivity contribution in [2.45, 2.75) is 71.1 Å². The molecule has 3 aliphatic carbocycles. The van der Waals surface area contributed by atoms with Gasteiger partial charge in [-0.1, -0.05) is 31.4 Å². The van der Waals surface area contributed by atoms with Crippen molar-refractivity contribution in [2.75, 3.05) is 0 Å². The molecule has 0 N–H and O–H groups in total. The van der Waals surface area contributed by atoms with E-state index >= 15 is 0 Å². The van der Waals surface area contributed by atoms with E-state index in [9.17, 15) is 0 Å². The lowest BCUT2D eigenvalue weighted by Gasteiger charge is -2.54. The summed E-state index contributed by atoms with van der Waals surface area (Å²) in [6.45, 7) is 2.60. The van der Waals surface area contributed by atoms with Crippen molar-refractivity contribution in [3.05, 3.63) is 11.6 Å². The first-order valence-corrected chi connectivity index (χ1v) is 6.96. The van der Waals surface area contributed by atoms with Crippen molar-refractivity contribution in [1.82, 2.24) is 0 Å². The largest absolute Gasteiger partial charge is 0.0848 e. The monoisotopic (exact) mass is 204 g/mol. The second kappa shape index (κ2) is 3.37. The molecule has 2 fully saturated rings. The molecule has 1 unspecified atom stereocenters. The predicted molar refractivity (Wildman–Crippen MR) is 64.8 cm³/mol. The molecule has 0 aromatic carbocycles. The van der Waals surface area contributed by atoms with E-state index in [1.807, 2.05) is 5.57 Å². The van der Waals surface area contributed by atoms with Gasteiger partial charge in [0.25, 0.3) is 0 Å². The Kier molecular flexibility index (Phi) is 2.23. The Labute approximate surface area is 94.1 Å². The van der Waals surface area contributed by atoms with E-state index < -0.39 is 0 Å². The summed E-state index contributed by atoms with van der Waals surface area (Å²) in [6, 6.07) is 0. The van der Waals surface area contributed by atoms with Crippen molar-refractivity contribution in [3.63, 3.8) is 0 Å². The Hall–Kier alpha value is -0.260. The molecule has 0 bridgehead atoms. The molecular formula is C15H24. The average molecular weight is 204 g/mol. The van der Waals surface area contributed by atoms with E-state index in [1.54, 1.807) is 0 Å². The number of allylic oxidation sites excluding steroid dienone is 2. The molecule has 0 saturated heterocycles. The molecule has 3 rings (SSSR count). The van der Waals surface area contributed by atoms with Gasteiger partial charge in [-0.15, -0.1) is 0 Å². The Morgan fingerprint density at radius 2 is 1.67 bits per heavy atom. The van der Waals surface area contributed by atoms with E-state index in [-0.39, 0.29) is 0 Å². The van der Waals surface area contributed by atoms with Crippen LogP contribution in [0, 0.1) is 10.8 Å². The summed E-state index contributed by atoms with van der Waals surface area (Å²) in [4.78, 5) is 0. The summed E-state index contributed by atoms with van der Waals surface area (Å²) < 4.78 is 0. The highest BCUT2D eigenvalue weighted by Crippen LogP contribution is 2.64. The Bertz CT molecular complexity index is 280. The molecule has 84 valence electrons. The summed E-state index contributed by atoms with van der Waals surface area (Å²) in [6.07, 6.45) is 17.4. The maximum Gasteiger partial charge on any atom is -0.00599 e. The van der Waals surface area contributed by atoms with Crippen molar-refractivity contribution >= 4 is 0 Å². The van der Waals surface area contributed by atoms with Crippen LogP contribution < -0.4 is 0 Å². The first kappa shape index (κ1) is 9.93. The lowest BCUT2D eigenvalue weighted by Crippen LogP contribution is -2.43. The SMILES string of the molecule is CC12CCCC=C1CCCC21CCCC1. The number of hydrogen-bond donors (Lipinski definition) is 0. The molecule has 1 spiro atoms. The second-order valence-electron chi connectivity index (χ2n) is 6.29. The van der Waals surface area contributed by atoms with E-state index in [0.29, 0.717) is 5.41 Å². The van der Waals surface area contributed by atoms with Gasteiger partial charge in [-0.25, -0.2) is 0 Å². The average Bonchev–Trinajstić information content (AvgIpc) is 2.70. The quantitative estimate of drug-likeness (QED) is 0.495. The van der Waals surface area contributed by atoms with Crippen molar-refractivity contribution in [3.8, 4) is 0 Å². The number of fused-ring (bicyclic) bond motifs is 2. The molecule has 0 nitrogen and oxygen atoms in total. The van der Waals surface area contributed by atoms with Gasteiger partial charge in [0.2, 0.25) is 0 Å². The molecule has 0 radical (unpaired) electrons. The van der Waals surface area contributed by atoms with Crippen LogP contribution in [0.5, 0.6) is 0 Å². The van der Waals surface area contributed by atoms with Crippen molar-refractivity contribution in [2.24, 2.45) is 10.8 Å². The van der Waals surface area contributed by atoms with Gasteiger partial charge in [-0.2, -0.15) is 0 Å². The highest BCUT2D eigenvalue weighted by Gasteiger charge is 2.52. The third-order valence-corrected chi connectivity index (χ3v) is 5.81. The number of hydrogen-bond acceptors (Lipinski definition) is 0. The van der Waals surface area contributed by atoms with Gasteiger partial charge >= 0.3 is 0 Å². The molecule has 0 aromatic heterocycles. The van der Waals surface area contributed by atoms with Gasteiger partial charge in [-0.05, 0) is 62.2 Å². The number of rotatable bonds is 0. The normalized spacial score (nSPS) is 38.9. The lowest BCUT2D eigenvalue weighted by molar-refractivity contribution is 0.0386. The van der Waals surface area contributed by atoms with Crippen LogP contribution in [0.1, 0.15) is 71.1 Å². The molecule has 0 aromatic rings. The van der Waals surface area contributed by atoms with Gasteiger partial charge in [0.1, 0.15) is 0 Å². The smallest absolute Gasteiger partial charge is 0.00599 e. The van der Waals surface area contributed by atoms with Gasteiger partial charge in [0, 0.05) is 0 Å². The van der Waals surface area contributed by atoms with Crippen LogP contribution in [0.25, 0.3) is 0 Å². The van der Waals surface area contributed by atoms with Crippen molar-refractivity contribution < 1.29 is 0 Å². The Morgan fingerprint density at radius 3 is 2.47 bits per heavy atom. The standard InChI is InChI=1S/C15H24/c1-14-9-3-2-7-13(14)8-6-12-15(14)10-4-5-11-15/h7H,2-6,8-12H2,1H3. The van der Waals surface area contributed by atoms with E-state index in [4.69, 9.17) is 0 Å². The first-order valence-electron chi connectivity index (χ1n) is 6.96. The minimum atomic E-state index is 0.611. The van der Waals surface area contributed by atoms with Crippen LogP contribution in [0.15, 0.2) is 11.6 Å². The molecule has 3 aliphatic rings. The van der Waals surface area contributed by atoms with Crippen LogP contribution in [0.4, 0.5) is 0 Å². The van der Waals surface area contributed by atoms with Gasteiger partial charge in [-0.3, -0.25) is 0 Å². The van der Waals surface area contributed by atoms with Gasteiger partial charge < -0.3 is 0 Å². The summed E-state index contributed by atoms with van der Waals surface area (Å²) in [5.74, 6) is 0. The van der Waals surface area contributed by atoms with E-state index in [2.05, 4.69) is 13.0 Å². The summed E-state index contributed by atoms with van der Waals surface area (Å²) in [5, 5.41) is 0. The van der Waals surface area contributed by atoms with Crippen molar-refractivity contribution in [1.29, 1.82) is 0 Å². The van der Waals surface area contributed by atoms with E-state index in [0.717, 1.165) is 5.41 Å². The van der Waals surface area contributed by atoms with Crippen LogP contribution in [-0.2, 0) is 0 Å². The highest BCUT2D eigenvalue weighted by atomic mass is 14.6. The Morgan fingerprint density at radius 1 is 0.933 bits per heavy atom.